The van der Waals surface area contributed by atoms with Gasteiger partial charge >= 0.3 is 0 Å². The molecule has 5 rings (SSSR count). The van der Waals surface area contributed by atoms with Gasteiger partial charge in [0.25, 0.3) is 10.0 Å². The highest BCUT2D eigenvalue weighted by atomic mass is 32.2. The van der Waals surface area contributed by atoms with Crippen molar-refractivity contribution in [3.05, 3.63) is 84.6 Å². The first-order valence-electron chi connectivity index (χ1n) is 11.6. The van der Waals surface area contributed by atoms with Gasteiger partial charge in [0.15, 0.2) is 5.16 Å². The molecule has 2 heterocycles. The summed E-state index contributed by atoms with van der Waals surface area (Å²) in [5.41, 5.74) is 2.91. The van der Waals surface area contributed by atoms with Crippen molar-refractivity contribution in [2.45, 2.75) is 16.6 Å². The van der Waals surface area contributed by atoms with Crippen LogP contribution in [0.2, 0.25) is 0 Å². The van der Waals surface area contributed by atoms with Crippen molar-refractivity contribution in [2.75, 3.05) is 29.6 Å². The average molecular weight is 549 g/mol. The van der Waals surface area contributed by atoms with Gasteiger partial charge in [-0.05, 0) is 23.8 Å². The van der Waals surface area contributed by atoms with Crippen molar-refractivity contribution in [2.24, 2.45) is 0 Å². The summed E-state index contributed by atoms with van der Waals surface area (Å²) in [6, 6.07) is 21.7. The van der Waals surface area contributed by atoms with Crippen LogP contribution in [-0.2, 0) is 21.4 Å². The Kier molecular flexibility index (Phi) is 7.21. The average Bonchev–Trinajstić information content (AvgIpc) is 2.95. The molecule has 0 aliphatic carbocycles. The molecule has 3 aromatic carbocycles. The van der Waals surface area contributed by atoms with Crippen LogP contribution in [0.25, 0.3) is 11.3 Å². The molecule has 0 atom stereocenters. The van der Waals surface area contributed by atoms with E-state index in [1.165, 1.54) is 17.6 Å². The minimum absolute atomic E-state index is 0.0164. The van der Waals surface area contributed by atoms with Crippen molar-refractivity contribution in [3.63, 3.8) is 0 Å². The Labute approximate surface area is 224 Å². The number of aromatic nitrogens is 2. The van der Waals surface area contributed by atoms with Gasteiger partial charge in [-0.15, -0.1) is 0 Å². The molecule has 0 bridgehead atoms. The number of carbonyl (C=O) groups excluding carboxylic acids is 1. The fourth-order valence-corrected chi connectivity index (χ4v) is 6.26. The number of carbonyl (C=O) groups is 1. The zero-order chi connectivity index (χ0) is 26.7. The molecule has 11 heteroatoms. The molecule has 0 spiro atoms. The Morgan fingerprint density at radius 3 is 2.53 bits per heavy atom. The van der Waals surface area contributed by atoms with E-state index >= 15 is 0 Å². The zero-order valence-electron chi connectivity index (χ0n) is 20.6. The molecular formula is C27H24N4O5S2. The van der Waals surface area contributed by atoms with Crippen LogP contribution in [0.4, 0.5) is 11.4 Å². The molecule has 1 aliphatic heterocycles. The highest BCUT2D eigenvalue weighted by Crippen LogP contribution is 2.42. The highest BCUT2D eigenvalue weighted by molar-refractivity contribution is 7.99. The number of nitrogens with one attached hydrogen (secondary N) is 1. The number of methoxy groups -OCH3 is 2. The predicted molar refractivity (Wildman–Crippen MR) is 146 cm³/mol. The van der Waals surface area contributed by atoms with Gasteiger partial charge in [-0.3, -0.25) is 9.10 Å². The SMILES string of the molecule is COc1ccc(NC(=O)CSc2ncc3c(n2)-c2ccccc2N(Cc2ccccc2)S3(=O)=O)c(OC)c1. The number of para-hydroxylation sites is 1. The smallest absolute Gasteiger partial charge is 0.268 e. The van der Waals surface area contributed by atoms with Gasteiger partial charge in [-0.2, -0.15) is 0 Å². The van der Waals surface area contributed by atoms with Gasteiger partial charge in [0, 0.05) is 11.6 Å². The van der Waals surface area contributed by atoms with Crippen molar-refractivity contribution < 1.29 is 22.7 Å². The number of hydrogen-bond donors (Lipinski definition) is 1. The quantitative estimate of drug-likeness (QED) is 0.251. The van der Waals surface area contributed by atoms with Gasteiger partial charge in [0.1, 0.15) is 16.4 Å². The summed E-state index contributed by atoms with van der Waals surface area (Å²) in [4.78, 5) is 21.5. The molecule has 1 amide bonds. The summed E-state index contributed by atoms with van der Waals surface area (Å²) < 4.78 is 39.1. The first kappa shape index (κ1) is 25.6. The van der Waals surface area contributed by atoms with Crippen LogP contribution in [0.1, 0.15) is 5.56 Å². The first-order chi connectivity index (χ1) is 18.4. The lowest BCUT2D eigenvalue weighted by molar-refractivity contribution is -0.113. The topological polar surface area (TPSA) is 111 Å². The van der Waals surface area contributed by atoms with Gasteiger partial charge < -0.3 is 14.8 Å². The first-order valence-corrected chi connectivity index (χ1v) is 14.0. The van der Waals surface area contributed by atoms with E-state index in [2.05, 4.69) is 15.3 Å². The number of sulfonamides is 1. The van der Waals surface area contributed by atoms with Crippen molar-refractivity contribution in [1.29, 1.82) is 0 Å². The maximum absolute atomic E-state index is 13.6. The molecule has 194 valence electrons. The number of fused-ring (bicyclic) bond motifs is 3. The lowest BCUT2D eigenvalue weighted by Gasteiger charge is -2.31. The van der Waals surface area contributed by atoms with E-state index in [4.69, 9.17) is 9.47 Å². The summed E-state index contributed by atoms with van der Waals surface area (Å²) >= 11 is 1.11. The molecule has 4 aromatic rings. The van der Waals surface area contributed by atoms with Gasteiger partial charge in [-0.1, -0.05) is 60.3 Å². The maximum Gasteiger partial charge on any atom is 0.268 e. The Morgan fingerprint density at radius 2 is 1.76 bits per heavy atom. The Bertz CT molecular complexity index is 1600. The molecular weight excluding hydrogens is 524 g/mol. The van der Waals surface area contributed by atoms with E-state index in [1.54, 1.807) is 37.4 Å². The molecule has 1 aliphatic rings. The van der Waals surface area contributed by atoms with E-state index in [0.717, 1.165) is 17.3 Å². The third-order valence-electron chi connectivity index (χ3n) is 5.91. The monoisotopic (exact) mass is 548 g/mol. The van der Waals surface area contributed by atoms with Crippen molar-refractivity contribution >= 4 is 39.1 Å². The Balaban J connectivity index is 1.38. The summed E-state index contributed by atoms with van der Waals surface area (Å²) in [7, 11) is -0.846. The van der Waals surface area contributed by atoms with Crippen LogP contribution in [0.3, 0.4) is 0 Å². The molecule has 38 heavy (non-hydrogen) atoms. The second kappa shape index (κ2) is 10.7. The summed E-state index contributed by atoms with van der Waals surface area (Å²) in [5, 5.41) is 3.10. The minimum Gasteiger partial charge on any atom is -0.497 e. The molecule has 0 saturated carbocycles. The third-order valence-corrected chi connectivity index (χ3v) is 8.54. The lowest BCUT2D eigenvalue weighted by Crippen LogP contribution is -2.34. The zero-order valence-corrected chi connectivity index (χ0v) is 22.3. The number of amides is 1. The van der Waals surface area contributed by atoms with Gasteiger partial charge in [0.2, 0.25) is 5.91 Å². The minimum atomic E-state index is -3.90. The predicted octanol–water partition coefficient (Wildman–Crippen LogP) is 4.60. The van der Waals surface area contributed by atoms with E-state index in [-0.39, 0.29) is 23.1 Å². The third kappa shape index (κ3) is 5.02. The highest BCUT2D eigenvalue weighted by Gasteiger charge is 2.36. The van der Waals surface area contributed by atoms with Crippen LogP contribution in [0.15, 0.2) is 89.0 Å². The second-order valence-electron chi connectivity index (χ2n) is 8.28. The number of thioether (sulfide) groups is 1. The van der Waals surface area contributed by atoms with Crippen LogP contribution < -0.4 is 19.1 Å². The molecule has 9 nitrogen and oxygen atoms in total. The van der Waals surface area contributed by atoms with E-state index in [9.17, 15) is 13.2 Å². The fraction of sp³-hybridized carbons (Fsp3) is 0.148. The van der Waals surface area contributed by atoms with E-state index < -0.39 is 10.0 Å². The van der Waals surface area contributed by atoms with Gasteiger partial charge in [-0.25, -0.2) is 18.4 Å². The number of anilines is 2. The fourth-order valence-electron chi connectivity index (χ4n) is 4.08. The molecule has 1 aromatic heterocycles. The van der Waals surface area contributed by atoms with Crippen LogP contribution >= 0.6 is 11.8 Å². The molecule has 0 radical (unpaired) electrons. The summed E-state index contributed by atoms with van der Waals surface area (Å²) in [5.74, 6) is 0.799. The number of nitrogens with zero attached hydrogens (tertiary/aromatic N) is 3. The molecule has 0 fully saturated rings. The number of ether oxygens (including phenoxy) is 2. The Hall–Kier alpha value is -4.09. The number of rotatable bonds is 8. The van der Waals surface area contributed by atoms with Crippen molar-refractivity contribution in [1.82, 2.24) is 9.97 Å². The number of benzene rings is 3. The molecule has 0 saturated heterocycles. The van der Waals surface area contributed by atoms with E-state index in [1.807, 2.05) is 42.5 Å². The van der Waals surface area contributed by atoms with E-state index in [0.29, 0.717) is 39.3 Å². The standard InChI is InChI=1S/C27H24N4O5S2/c1-35-19-12-13-21(23(14-19)36-2)29-25(32)17-37-27-28-15-24-26(30-27)20-10-6-7-11-22(20)31(38(24,33)34)16-18-8-4-3-5-9-18/h3-15H,16-17H2,1-2H3,(H,29,32). The van der Waals surface area contributed by atoms with Crippen molar-refractivity contribution in [3.8, 4) is 22.8 Å². The largest absolute Gasteiger partial charge is 0.497 e. The molecule has 0 unspecified atom stereocenters. The molecule has 1 N–H and O–H groups in total. The normalized spacial score (nSPS) is 13.3. The van der Waals surface area contributed by atoms with Crippen LogP contribution in [0, 0.1) is 0 Å². The maximum atomic E-state index is 13.6. The summed E-state index contributed by atoms with van der Waals surface area (Å²) in [6.07, 6.45) is 1.32. The van der Waals surface area contributed by atoms with Crippen LogP contribution in [-0.4, -0.2) is 44.3 Å². The number of hydrogen-bond acceptors (Lipinski definition) is 8. The lowest BCUT2D eigenvalue weighted by atomic mass is 10.1. The van der Waals surface area contributed by atoms with Crippen LogP contribution in [0.5, 0.6) is 11.5 Å². The summed E-state index contributed by atoms with van der Waals surface area (Å²) in [6.45, 7) is 0.186. The van der Waals surface area contributed by atoms with Gasteiger partial charge in [0.05, 0.1) is 49.8 Å². The second-order valence-corrected chi connectivity index (χ2v) is 11.1. The Morgan fingerprint density at radius 1 is 1.00 bits per heavy atom.